The molecule has 0 unspecified atom stereocenters. The summed E-state index contributed by atoms with van der Waals surface area (Å²) < 4.78 is 21.2. The molecular formula is C21H25FN4O2. The Hall–Kier alpha value is -2.77. The molecule has 0 aliphatic heterocycles. The van der Waals surface area contributed by atoms with Crippen LogP contribution >= 0.6 is 0 Å². The van der Waals surface area contributed by atoms with Gasteiger partial charge in [-0.25, -0.2) is 9.37 Å². The predicted octanol–water partition coefficient (Wildman–Crippen LogP) is 2.76. The molecule has 28 heavy (non-hydrogen) atoms. The van der Waals surface area contributed by atoms with Crippen molar-refractivity contribution < 1.29 is 13.9 Å². The van der Waals surface area contributed by atoms with Crippen LogP contribution in [0.4, 0.5) is 4.39 Å². The lowest BCUT2D eigenvalue weighted by Gasteiger charge is -2.11. The zero-order chi connectivity index (χ0) is 20.1. The van der Waals surface area contributed by atoms with Crippen LogP contribution in [0.25, 0.3) is 22.2 Å². The number of aromatic nitrogens is 2. The third-order valence-electron chi connectivity index (χ3n) is 4.56. The van der Waals surface area contributed by atoms with E-state index in [4.69, 9.17) is 10.5 Å². The van der Waals surface area contributed by atoms with Gasteiger partial charge in [0, 0.05) is 13.2 Å². The van der Waals surface area contributed by atoms with Crippen molar-refractivity contribution in [3.8, 4) is 11.1 Å². The molecule has 0 saturated carbocycles. The number of benzene rings is 2. The Balaban J connectivity index is 1.97. The molecule has 148 valence electrons. The monoisotopic (exact) mass is 384 g/mol. The van der Waals surface area contributed by atoms with E-state index in [2.05, 4.69) is 20.9 Å². The van der Waals surface area contributed by atoms with Crippen LogP contribution in [0.2, 0.25) is 0 Å². The molecule has 0 atom stereocenters. The van der Waals surface area contributed by atoms with Crippen molar-refractivity contribution in [2.75, 3.05) is 19.8 Å². The number of nitrogens with one attached hydrogen (secondary N) is 1. The summed E-state index contributed by atoms with van der Waals surface area (Å²) in [5, 5.41) is 3.01. The van der Waals surface area contributed by atoms with Crippen LogP contribution in [0.3, 0.4) is 0 Å². The largest absolute Gasteiger partial charge is 0.380 e. The highest BCUT2D eigenvalue weighted by Gasteiger charge is 2.12. The quantitative estimate of drug-likeness (QED) is 0.556. The Bertz CT molecular complexity index is 984. The lowest BCUT2D eigenvalue weighted by molar-refractivity contribution is -0.117. The van der Waals surface area contributed by atoms with Crippen LogP contribution in [-0.2, 0) is 22.6 Å². The lowest BCUT2D eigenvalue weighted by atomic mass is 10.0. The Morgan fingerprint density at radius 3 is 2.71 bits per heavy atom. The highest BCUT2D eigenvalue weighted by atomic mass is 19.1. The normalized spacial score (nSPS) is 11.2. The average molecular weight is 384 g/mol. The van der Waals surface area contributed by atoms with Crippen LogP contribution < -0.4 is 11.1 Å². The van der Waals surface area contributed by atoms with Crippen LogP contribution in [0.1, 0.15) is 18.3 Å². The first-order chi connectivity index (χ1) is 13.5. The van der Waals surface area contributed by atoms with Crippen molar-refractivity contribution in [1.82, 2.24) is 14.9 Å². The van der Waals surface area contributed by atoms with Crippen LogP contribution in [-0.4, -0.2) is 35.2 Å². The summed E-state index contributed by atoms with van der Waals surface area (Å²) in [6, 6.07) is 11.1. The number of imidazole rings is 1. The van der Waals surface area contributed by atoms with Gasteiger partial charge in [-0.2, -0.15) is 0 Å². The fraction of sp³-hybridized carbons (Fsp3) is 0.333. The summed E-state index contributed by atoms with van der Waals surface area (Å²) in [4.78, 5) is 15.7. The molecule has 1 heterocycles. The summed E-state index contributed by atoms with van der Waals surface area (Å²) in [5.74, 6) is 0.184. The number of carbonyl (C=O) groups is 1. The maximum absolute atomic E-state index is 13.6. The molecule has 0 spiro atoms. The average Bonchev–Trinajstić information content (AvgIpc) is 3.01. The second-order valence-corrected chi connectivity index (χ2v) is 6.61. The Labute approximate surface area is 163 Å². The van der Waals surface area contributed by atoms with E-state index in [9.17, 15) is 9.18 Å². The van der Waals surface area contributed by atoms with Crippen molar-refractivity contribution in [3.63, 3.8) is 0 Å². The lowest BCUT2D eigenvalue weighted by Crippen LogP contribution is -2.29. The van der Waals surface area contributed by atoms with Crippen molar-refractivity contribution >= 4 is 16.9 Å². The first-order valence-corrected chi connectivity index (χ1v) is 9.32. The molecule has 1 aromatic heterocycles. The molecule has 2 aromatic carbocycles. The summed E-state index contributed by atoms with van der Waals surface area (Å²) in [5.41, 5.74) is 9.58. The highest BCUT2D eigenvalue weighted by molar-refractivity contribution is 5.83. The van der Waals surface area contributed by atoms with E-state index in [1.807, 2.05) is 25.1 Å². The number of ether oxygens (including phenoxy) is 1. The number of fused-ring (bicyclic) bond motifs is 1. The zero-order valence-electron chi connectivity index (χ0n) is 16.2. The first kappa shape index (κ1) is 20.0. The fourth-order valence-corrected chi connectivity index (χ4v) is 3.16. The van der Waals surface area contributed by atoms with Gasteiger partial charge in [0.05, 0.1) is 30.7 Å². The summed E-state index contributed by atoms with van der Waals surface area (Å²) in [7, 11) is 0. The molecule has 1 amide bonds. The van der Waals surface area contributed by atoms with E-state index in [1.54, 1.807) is 13.0 Å². The second-order valence-electron chi connectivity index (χ2n) is 6.61. The molecule has 0 saturated heterocycles. The molecular weight excluding hydrogens is 359 g/mol. The summed E-state index contributed by atoms with van der Waals surface area (Å²) in [6.07, 6.45) is 0. The maximum atomic E-state index is 13.6. The van der Waals surface area contributed by atoms with E-state index >= 15 is 0 Å². The number of primary amides is 1. The zero-order valence-corrected chi connectivity index (χ0v) is 16.2. The predicted molar refractivity (Wildman–Crippen MR) is 107 cm³/mol. The van der Waals surface area contributed by atoms with Crippen LogP contribution in [0.15, 0.2) is 36.4 Å². The second kappa shape index (κ2) is 8.95. The van der Waals surface area contributed by atoms with Gasteiger partial charge in [0.25, 0.3) is 0 Å². The highest BCUT2D eigenvalue weighted by Crippen LogP contribution is 2.26. The number of carbonyl (C=O) groups excluding carboxylic acids is 1. The number of nitrogens with zero attached hydrogens (tertiary/aromatic N) is 2. The van der Waals surface area contributed by atoms with Gasteiger partial charge in [0.2, 0.25) is 5.91 Å². The molecule has 0 aliphatic rings. The molecule has 3 rings (SSSR count). The molecule has 3 N–H and O–H groups in total. The van der Waals surface area contributed by atoms with Gasteiger partial charge in [-0.05, 0) is 54.8 Å². The van der Waals surface area contributed by atoms with Crippen molar-refractivity contribution in [2.24, 2.45) is 5.73 Å². The van der Waals surface area contributed by atoms with E-state index < -0.39 is 5.91 Å². The third kappa shape index (κ3) is 4.55. The standard InChI is InChI=1S/C21H25FN4O2/c1-3-28-9-8-26-19-11-16(15-4-6-17(22)14(2)10-15)5-7-18(19)25-21(26)13-24-12-20(23)27/h4-7,10-11,24H,3,8-9,12-13H2,1-2H3,(H2,23,27). The minimum absolute atomic E-state index is 0.0920. The number of hydrogen-bond donors (Lipinski definition) is 2. The number of aryl methyl sites for hydroxylation is 1. The van der Waals surface area contributed by atoms with Crippen molar-refractivity contribution in [3.05, 3.63) is 53.6 Å². The molecule has 0 bridgehead atoms. The van der Waals surface area contributed by atoms with Gasteiger partial charge in [-0.15, -0.1) is 0 Å². The molecule has 0 aliphatic carbocycles. The molecule has 3 aromatic rings. The van der Waals surface area contributed by atoms with Gasteiger partial charge >= 0.3 is 0 Å². The number of rotatable bonds is 9. The molecule has 6 nitrogen and oxygen atoms in total. The van der Waals surface area contributed by atoms with Gasteiger partial charge < -0.3 is 20.4 Å². The molecule has 0 fully saturated rings. The minimum atomic E-state index is -0.411. The number of hydrogen-bond acceptors (Lipinski definition) is 4. The topological polar surface area (TPSA) is 82.2 Å². The van der Waals surface area contributed by atoms with Gasteiger partial charge in [0.1, 0.15) is 11.6 Å². The minimum Gasteiger partial charge on any atom is -0.380 e. The maximum Gasteiger partial charge on any atom is 0.231 e. The van der Waals surface area contributed by atoms with Gasteiger partial charge in [-0.1, -0.05) is 12.1 Å². The Kier molecular flexibility index (Phi) is 6.38. The smallest absolute Gasteiger partial charge is 0.231 e. The third-order valence-corrected chi connectivity index (χ3v) is 4.56. The van der Waals surface area contributed by atoms with Crippen molar-refractivity contribution in [1.29, 1.82) is 0 Å². The van der Waals surface area contributed by atoms with E-state index in [-0.39, 0.29) is 12.4 Å². The van der Waals surface area contributed by atoms with E-state index in [0.29, 0.717) is 31.9 Å². The Morgan fingerprint density at radius 1 is 1.25 bits per heavy atom. The SMILES string of the molecule is CCOCCn1c(CNCC(N)=O)nc2ccc(-c3ccc(F)c(C)c3)cc21. The first-order valence-electron chi connectivity index (χ1n) is 9.32. The van der Waals surface area contributed by atoms with Crippen molar-refractivity contribution in [2.45, 2.75) is 26.9 Å². The van der Waals surface area contributed by atoms with Crippen LogP contribution in [0, 0.1) is 12.7 Å². The number of halogens is 1. The molecule has 0 radical (unpaired) electrons. The molecule has 7 heteroatoms. The van der Waals surface area contributed by atoms with E-state index in [1.165, 1.54) is 6.07 Å². The summed E-state index contributed by atoms with van der Waals surface area (Å²) >= 11 is 0. The van der Waals surface area contributed by atoms with E-state index in [0.717, 1.165) is 28.0 Å². The Morgan fingerprint density at radius 2 is 2.00 bits per heavy atom. The number of nitrogens with two attached hydrogens (primary N) is 1. The van der Waals surface area contributed by atoms with Gasteiger partial charge in [0.15, 0.2) is 0 Å². The summed E-state index contributed by atoms with van der Waals surface area (Å²) in [6.45, 7) is 6.07. The van der Waals surface area contributed by atoms with Crippen LogP contribution in [0.5, 0.6) is 0 Å². The van der Waals surface area contributed by atoms with Gasteiger partial charge in [-0.3, -0.25) is 4.79 Å². The number of amides is 1. The fourth-order valence-electron chi connectivity index (χ4n) is 3.16.